The van der Waals surface area contributed by atoms with Crippen molar-refractivity contribution in [2.45, 2.75) is 50.7 Å². The highest BCUT2D eigenvalue weighted by molar-refractivity contribution is 5.85. The lowest BCUT2D eigenvalue weighted by atomic mass is 9.78. The highest BCUT2D eigenvalue weighted by atomic mass is 16.5. The quantitative estimate of drug-likeness (QED) is 0.460. The van der Waals surface area contributed by atoms with Crippen LogP contribution in [-0.4, -0.2) is 53.5 Å². The minimum Gasteiger partial charge on any atom is -0.480 e. The normalized spacial score (nSPS) is 20.7. The molecule has 4 N–H and O–H groups in total. The van der Waals surface area contributed by atoms with Gasteiger partial charge in [0.25, 0.3) is 0 Å². The zero-order valence-corrected chi connectivity index (χ0v) is 19.8. The lowest BCUT2D eigenvalue weighted by Crippen LogP contribution is -2.51. The predicted molar refractivity (Wildman–Crippen MR) is 130 cm³/mol. The van der Waals surface area contributed by atoms with Gasteiger partial charge in [0, 0.05) is 18.4 Å². The van der Waals surface area contributed by atoms with Gasteiger partial charge in [0.05, 0.1) is 6.10 Å². The summed E-state index contributed by atoms with van der Waals surface area (Å²) >= 11 is 0. The van der Waals surface area contributed by atoms with Crippen LogP contribution in [0.3, 0.4) is 0 Å². The van der Waals surface area contributed by atoms with Crippen molar-refractivity contribution in [3.8, 4) is 11.1 Å². The molecule has 0 bridgehead atoms. The first kappa shape index (κ1) is 24.7. The number of carbonyl (C=O) groups excluding carboxylic acids is 2. The van der Waals surface area contributed by atoms with Gasteiger partial charge in [-0.25, -0.2) is 9.59 Å². The van der Waals surface area contributed by atoms with Crippen molar-refractivity contribution in [2.24, 2.45) is 11.8 Å². The number of alkyl carbamates (subject to hydrolysis) is 1. The molecule has 0 radical (unpaired) electrons. The topological polar surface area (TPSA) is 125 Å². The highest BCUT2D eigenvalue weighted by Crippen LogP contribution is 2.44. The number of carboxylic acid groups (broad SMARTS) is 1. The Morgan fingerprint density at radius 3 is 2.20 bits per heavy atom. The van der Waals surface area contributed by atoms with Crippen LogP contribution in [-0.2, 0) is 14.3 Å². The van der Waals surface area contributed by atoms with E-state index in [1.807, 2.05) is 24.3 Å². The van der Waals surface area contributed by atoms with Crippen LogP contribution in [0.2, 0.25) is 0 Å². The fourth-order valence-corrected chi connectivity index (χ4v) is 5.31. The van der Waals surface area contributed by atoms with Crippen LogP contribution in [0.4, 0.5) is 4.79 Å². The summed E-state index contributed by atoms with van der Waals surface area (Å²) in [5.41, 5.74) is 4.59. The summed E-state index contributed by atoms with van der Waals surface area (Å²) in [4.78, 5) is 36.7. The molecule has 0 aromatic heterocycles. The monoisotopic (exact) mass is 480 g/mol. The Labute approximate surface area is 204 Å². The summed E-state index contributed by atoms with van der Waals surface area (Å²) < 4.78 is 5.59. The van der Waals surface area contributed by atoms with Crippen LogP contribution in [0, 0.1) is 11.8 Å². The minimum absolute atomic E-state index is 0.0326. The molecule has 0 saturated heterocycles. The Bertz CT molecular complexity index is 1040. The number of hydrogen-bond acceptors (Lipinski definition) is 5. The largest absolute Gasteiger partial charge is 0.480 e. The average Bonchev–Trinajstić information content (AvgIpc) is 3.18. The molecule has 0 spiro atoms. The summed E-state index contributed by atoms with van der Waals surface area (Å²) in [6, 6.07) is 14.9. The maximum absolute atomic E-state index is 12.8. The highest BCUT2D eigenvalue weighted by Gasteiger charge is 2.35. The van der Waals surface area contributed by atoms with E-state index < -0.39 is 36.0 Å². The first-order valence-corrected chi connectivity index (χ1v) is 12.2. The number of aliphatic hydroxyl groups is 1. The molecular weight excluding hydrogens is 448 g/mol. The fourth-order valence-electron chi connectivity index (χ4n) is 5.31. The smallest absolute Gasteiger partial charge is 0.407 e. The van der Waals surface area contributed by atoms with Gasteiger partial charge >= 0.3 is 12.1 Å². The molecule has 2 aliphatic carbocycles. The number of rotatable bonds is 8. The number of benzene rings is 2. The van der Waals surface area contributed by atoms with Crippen LogP contribution < -0.4 is 10.6 Å². The first-order chi connectivity index (χ1) is 16.9. The molecule has 1 saturated carbocycles. The Hall–Kier alpha value is -3.39. The van der Waals surface area contributed by atoms with Gasteiger partial charge in [-0.15, -0.1) is 0 Å². The van der Waals surface area contributed by atoms with E-state index in [0.29, 0.717) is 6.42 Å². The molecule has 8 heteroatoms. The molecule has 4 rings (SSSR count). The van der Waals surface area contributed by atoms with Gasteiger partial charge in [-0.1, -0.05) is 61.4 Å². The summed E-state index contributed by atoms with van der Waals surface area (Å²) in [6.45, 7) is 1.81. The Kier molecular flexibility index (Phi) is 7.70. The van der Waals surface area contributed by atoms with Gasteiger partial charge in [0.2, 0.25) is 5.91 Å². The van der Waals surface area contributed by atoms with E-state index in [4.69, 9.17) is 4.74 Å². The summed E-state index contributed by atoms with van der Waals surface area (Å²) in [5.74, 6) is -2.28. The zero-order valence-electron chi connectivity index (χ0n) is 19.8. The second kappa shape index (κ2) is 10.9. The summed E-state index contributed by atoms with van der Waals surface area (Å²) in [5, 5.41) is 24.2. The third-order valence-electron chi connectivity index (χ3n) is 7.14. The van der Waals surface area contributed by atoms with E-state index in [1.165, 1.54) is 6.92 Å². The molecule has 1 fully saturated rings. The van der Waals surface area contributed by atoms with Gasteiger partial charge in [-0.05, 0) is 47.9 Å². The number of fused-ring (bicyclic) bond motifs is 3. The van der Waals surface area contributed by atoms with Gasteiger partial charge in [0.1, 0.15) is 6.61 Å². The van der Waals surface area contributed by atoms with Crippen LogP contribution in [0.15, 0.2) is 48.5 Å². The maximum Gasteiger partial charge on any atom is 0.407 e. The van der Waals surface area contributed by atoms with Crippen molar-refractivity contribution < 1.29 is 29.3 Å². The van der Waals surface area contributed by atoms with E-state index in [9.17, 15) is 24.6 Å². The van der Waals surface area contributed by atoms with Crippen molar-refractivity contribution in [1.82, 2.24) is 10.6 Å². The number of ether oxygens (including phenoxy) is 1. The molecule has 2 amide bonds. The fraction of sp³-hybridized carbons (Fsp3) is 0.444. The Balaban J connectivity index is 1.33. The van der Waals surface area contributed by atoms with E-state index in [1.54, 1.807) is 0 Å². The molecule has 0 heterocycles. The zero-order chi connectivity index (χ0) is 24.9. The minimum atomic E-state index is -1.36. The lowest BCUT2D eigenvalue weighted by molar-refractivity contribution is -0.146. The standard InChI is InChI=1S/C27H32N2O6/c1-16(30)24(26(32)33)29-25(31)18-9-3-2-8-17(18)14-28-27(34)35-15-23-21-12-6-4-10-19(21)20-11-5-7-13-22(20)23/h4-7,10-13,16-18,23-24,30H,2-3,8-9,14-15H2,1H3,(H,28,34)(H,29,31)(H,32,33)/t16?,17-,18-,24?/m1/s1. The average molecular weight is 481 g/mol. The molecule has 0 aliphatic heterocycles. The molecule has 2 unspecified atom stereocenters. The molecule has 2 aliphatic rings. The summed E-state index contributed by atoms with van der Waals surface area (Å²) in [6.07, 6.45) is 1.38. The molecular formula is C27H32N2O6. The molecule has 8 nitrogen and oxygen atoms in total. The Morgan fingerprint density at radius 2 is 1.60 bits per heavy atom. The molecule has 4 atom stereocenters. The number of carboxylic acids is 1. The third-order valence-corrected chi connectivity index (χ3v) is 7.14. The van der Waals surface area contributed by atoms with E-state index in [2.05, 4.69) is 34.9 Å². The second-order valence-corrected chi connectivity index (χ2v) is 9.42. The van der Waals surface area contributed by atoms with Crippen molar-refractivity contribution >= 4 is 18.0 Å². The number of carbonyl (C=O) groups is 3. The van der Waals surface area contributed by atoms with Gasteiger partial charge < -0.3 is 25.6 Å². The second-order valence-electron chi connectivity index (χ2n) is 9.42. The van der Waals surface area contributed by atoms with Crippen molar-refractivity contribution in [3.05, 3.63) is 59.7 Å². The number of hydrogen-bond donors (Lipinski definition) is 4. The maximum atomic E-state index is 12.8. The van der Waals surface area contributed by atoms with E-state index >= 15 is 0 Å². The number of aliphatic carboxylic acids is 1. The van der Waals surface area contributed by atoms with Crippen LogP contribution in [0.5, 0.6) is 0 Å². The van der Waals surface area contributed by atoms with Crippen LogP contribution in [0.1, 0.15) is 49.7 Å². The van der Waals surface area contributed by atoms with Crippen LogP contribution in [0.25, 0.3) is 11.1 Å². The number of aliphatic hydroxyl groups excluding tert-OH is 1. The van der Waals surface area contributed by atoms with Crippen LogP contribution >= 0.6 is 0 Å². The SMILES string of the molecule is CC(O)C(NC(=O)[C@@H]1CCCC[C@@H]1CNC(=O)OCC1c2ccccc2-c2ccccc21)C(=O)O. The van der Waals surface area contributed by atoms with Gasteiger partial charge in [-0.3, -0.25) is 4.79 Å². The molecule has 186 valence electrons. The molecule has 35 heavy (non-hydrogen) atoms. The number of nitrogens with one attached hydrogen (secondary N) is 2. The Morgan fingerprint density at radius 1 is 1.00 bits per heavy atom. The molecule has 2 aromatic carbocycles. The predicted octanol–water partition coefficient (Wildman–Crippen LogP) is 3.28. The van der Waals surface area contributed by atoms with Crippen molar-refractivity contribution in [2.75, 3.05) is 13.2 Å². The van der Waals surface area contributed by atoms with E-state index in [-0.39, 0.29) is 25.0 Å². The molecule has 2 aromatic rings. The van der Waals surface area contributed by atoms with Gasteiger partial charge in [-0.2, -0.15) is 0 Å². The van der Waals surface area contributed by atoms with Crippen molar-refractivity contribution in [1.29, 1.82) is 0 Å². The van der Waals surface area contributed by atoms with Crippen molar-refractivity contribution in [3.63, 3.8) is 0 Å². The number of amides is 2. The van der Waals surface area contributed by atoms with E-state index in [0.717, 1.165) is 41.5 Å². The lowest BCUT2D eigenvalue weighted by Gasteiger charge is -2.31. The third kappa shape index (κ3) is 5.48. The summed E-state index contributed by atoms with van der Waals surface area (Å²) in [7, 11) is 0. The first-order valence-electron chi connectivity index (χ1n) is 12.2. The van der Waals surface area contributed by atoms with Gasteiger partial charge in [0.15, 0.2) is 6.04 Å².